The van der Waals surface area contributed by atoms with E-state index in [1.165, 1.54) is 12.1 Å². The number of aromatic nitrogens is 1. The molecule has 1 aromatic heterocycles. The van der Waals surface area contributed by atoms with Gasteiger partial charge in [0.15, 0.2) is 5.69 Å². The van der Waals surface area contributed by atoms with Crippen molar-refractivity contribution in [2.75, 3.05) is 0 Å². The van der Waals surface area contributed by atoms with Gasteiger partial charge in [0.2, 0.25) is 5.88 Å². The zero-order valence-corrected chi connectivity index (χ0v) is 16.3. The maximum atomic E-state index is 12.6. The highest BCUT2D eigenvalue weighted by Gasteiger charge is 2.30. The molecule has 1 amide bonds. The van der Waals surface area contributed by atoms with E-state index in [9.17, 15) is 19.8 Å². The Balaban J connectivity index is 2.02. The van der Waals surface area contributed by atoms with Gasteiger partial charge in [-0.25, -0.2) is 4.79 Å². The Morgan fingerprint density at radius 2 is 1.71 bits per heavy atom. The van der Waals surface area contributed by atoms with Crippen LogP contribution in [0.1, 0.15) is 29.8 Å². The van der Waals surface area contributed by atoms with Crippen LogP contribution in [0.3, 0.4) is 0 Å². The second-order valence-corrected chi connectivity index (χ2v) is 7.43. The highest BCUT2D eigenvalue weighted by atomic mass is 35.5. The zero-order chi connectivity index (χ0) is 20.6. The van der Waals surface area contributed by atoms with Gasteiger partial charge in [-0.15, -0.1) is 10.2 Å². The molecule has 2 aromatic carbocycles. The molecule has 28 heavy (non-hydrogen) atoms. The predicted molar refractivity (Wildman–Crippen MR) is 106 cm³/mol. The standard InChI is InChI=1S/C19H15Cl2N3O4/c1-19(2,9-3-5-10(20)6-4-9)18(28)24-23-15-13-12(22-16(15)25)8-7-11(14(13)21)17(26)27/h3-8,22,25H,1-2H3,(H,26,27). The molecule has 9 heteroatoms. The molecule has 3 aromatic rings. The lowest BCUT2D eigenvalue weighted by atomic mass is 9.84. The normalized spacial score (nSPS) is 12.0. The summed E-state index contributed by atoms with van der Waals surface area (Å²) in [6, 6.07) is 9.52. The summed E-state index contributed by atoms with van der Waals surface area (Å²) in [6.07, 6.45) is 0. The second kappa shape index (κ2) is 7.26. The van der Waals surface area contributed by atoms with E-state index in [1.807, 2.05) is 0 Å². The van der Waals surface area contributed by atoms with Gasteiger partial charge in [0.1, 0.15) is 0 Å². The van der Waals surface area contributed by atoms with Crippen molar-refractivity contribution in [1.29, 1.82) is 0 Å². The molecule has 144 valence electrons. The summed E-state index contributed by atoms with van der Waals surface area (Å²) in [5, 5.41) is 27.5. The van der Waals surface area contributed by atoms with Gasteiger partial charge >= 0.3 is 5.97 Å². The molecule has 0 spiro atoms. The molecule has 0 bridgehead atoms. The molecule has 7 nitrogen and oxygen atoms in total. The third-order valence-corrected chi connectivity index (χ3v) is 5.07. The number of rotatable bonds is 4. The largest absolute Gasteiger partial charge is 0.493 e. The fourth-order valence-corrected chi connectivity index (χ4v) is 3.15. The van der Waals surface area contributed by atoms with Gasteiger partial charge in [-0.05, 0) is 43.7 Å². The number of carbonyl (C=O) groups is 2. The Morgan fingerprint density at radius 3 is 2.32 bits per heavy atom. The Kier molecular flexibility index (Phi) is 5.14. The summed E-state index contributed by atoms with van der Waals surface area (Å²) in [4.78, 5) is 26.6. The summed E-state index contributed by atoms with van der Waals surface area (Å²) >= 11 is 12.0. The van der Waals surface area contributed by atoms with Crippen LogP contribution in [0.4, 0.5) is 5.69 Å². The monoisotopic (exact) mass is 419 g/mol. The zero-order valence-electron chi connectivity index (χ0n) is 14.8. The van der Waals surface area contributed by atoms with E-state index in [0.29, 0.717) is 16.1 Å². The number of carbonyl (C=O) groups excluding carboxylic acids is 1. The van der Waals surface area contributed by atoms with Crippen LogP contribution >= 0.6 is 23.2 Å². The summed E-state index contributed by atoms with van der Waals surface area (Å²) in [7, 11) is 0. The van der Waals surface area contributed by atoms with E-state index < -0.39 is 17.3 Å². The Bertz CT molecular complexity index is 1120. The first kappa shape index (κ1) is 19.9. The van der Waals surface area contributed by atoms with E-state index in [4.69, 9.17) is 23.2 Å². The van der Waals surface area contributed by atoms with Crippen molar-refractivity contribution in [3.8, 4) is 5.88 Å². The lowest BCUT2D eigenvalue weighted by molar-refractivity contribution is -0.122. The molecule has 0 atom stereocenters. The third-order valence-electron chi connectivity index (χ3n) is 4.43. The van der Waals surface area contributed by atoms with Gasteiger partial charge < -0.3 is 15.2 Å². The van der Waals surface area contributed by atoms with Crippen LogP contribution < -0.4 is 0 Å². The summed E-state index contributed by atoms with van der Waals surface area (Å²) in [6.45, 7) is 3.37. The van der Waals surface area contributed by atoms with Crippen LogP contribution in [0.2, 0.25) is 10.0 Å². The number of aromatic hydroxyl groups is 1. The van der Waals surface area contributed by atoms with Crippen LogP contribution in [-0.4, -0.2) is 27.1 Å². The number of H-pyrrole nitrogens is 1. The molecule has 0 fully saturated rings. The van der Waals surface area contributed by atoms with Gasteiger partial charge in [0.25, 0.3) is 5.91 Å². The number of fused-ring (bicyclic) bond motifs is 1. The van der Waals surface area contributed by atoms with Crippen LogP contribution in [0.25, 0.3) is 10.9 Å². The molecule has 3 N–H and O–H groups in total. The molecule has 1 heterocycles. The van der Waals surface area contributed by atoms with Gasteiger partial charge in [-0.3, -0.25) is 4.79 Å². The predicted octanol–water partition coefficient (Wildman–Crippen LogP) is 5.47. The van der Waals surface area contributed by atoms with Crippen molar-refractivity contribution >= 4 is 51.7 Å². The first-order valence-corrected chi connectivity index (χ1v) is 8.87. The Labute approximate surface area is 169 Å². The third kappa shape index (κ3) is 3.46. The van der Waals surface area contributed by atoms with Crippen molar-refractivity contribution in [2.45, 2.75) is 19.3 Å². The number of aromatic amines is 1. The molecule has 0 unspecified atom stereocenters. The van der Waals surface area contributed by atoms with Crippen molar-refractivity contribution in [2.24, 2.45) is 10.2 Å². The fourth-order valence-electron chi connectivity index (χ4n) is 2.69. The van der Waals surface area contributed by atoms with Crippen LogP contribution in [0, 0.1) is 0 Å². The fraction of sp³-hybridized carbons (Fsp3) is 0.158. The summed E-state index contributed by atoms with van der Waals surface area (Å²) in [5.74, 6) is -2.16. The molecule has 0 aliphatic rings. The maximum absolute atomic E-state index is 12.6. The van der Waals surface area contributed by atoms with Gasteiger partial charge in [-0.1, -0.05) is 35.3 Å². The minimum Gasteiger partial charge on any atom is -0.493 e. The number of carboxylic acid groups (broad SMARTS) is 1. The Hall–Kier alpha value is -2.90. The van der Waals surface area contributed by atoms with E-state index in [1.54, 1.807) is 38.1 Å². The van der Waals surface area contributed by atoms with Gasteiger partial charge in [0, 0.05) is 5.02 Å². The summed E-state index contributed by atoms with van der Waals surface area (Å²) in [5.41, 5.74) is -0.201. The molecular weight excluding hydrogens is 405 g/mol. The molecular formula is C19H15Cl2N3O4. The molecule has 0 aliphatic heterocycles. The first-order chi connectivity index (χ1) is 13.1. The van der Waals surface area contributed by atoms with Crippen LogP contribution in [0.15, 0.2) is 46.6 Å². The van der Waals surface area contributed by atoms with Crippen LogP contribution in [0.5, 0.6) is 5.88 Å². The number of halogens is 2. The summed E-state index contributed by atoms with van der Waals surface area (Å²) < 4.78 is 0. The minimum atomic E-state index is -1.23. The van der Waals surface area contributed by atoms with E-state index in [2.05, 4.69) is 15.2 Å². The number of hydrogen-bond acceptors (Lipinski definition) is 4. The molecule has 3 rings (SSSR count). The van der Waals surface area contributed by atoms with E-state index >= 15 is 0 Å². The lowest BCUT2D eigenvalue weighted by Gasteiger charge is -2.20. The maximum Gasteiger partial charge on any atom is 0.337 e. The highest BCUT2D eigenvalue weighted by Crippen LogP contribution is 2.41. The van der Waals surface area contributed by atoms with Crippen molar-refractivity contribution in [3.63, 3.8) is 0 Å². The van der Waals surface area contributed by atoms with E-state index in [-0.39, 0.29) is 27.5 Å². The number of nitrogens with zero attached hydrogens (tertiary/aromatic N) is 2. The molecule has 0 saturated carbocycles. The van der Waals surface area contributed by atoms with Gasteiger partial charge in [0.05, 0.1) is 26.9 Å². The lowest BCUT2D eigenvalue weighted by Crippen LogP contribution is -2.27. The quantitative estimate of drug-likeness (QED) is 0.486. The Morgan fingerprint density at radius 1 is 1.07 bits per heavy atom. The van der Waals surface area contributed by atoms with Crippen molar-refractivity contribution in [3.05, 3.63) is 57.6 Å². The highest BCUT2D eigenvalue weighted by molar-refractivity contribution is 6.39. The average molecular weight is 420 g/mol. The van der Waals surface area contributed by atoms with E-state index in [0.717, 1.165) is 0 Å². The molecule has 0 radical (unpaired) electrons. The second-order valence-electron chi connectivity index (χ2n) is 6.61. The van der Waals surface area contributed by atoms with Crippen LogP contribution in [-0.2, 0) is 10.2 Å². The average Bonchev–Trinajstić information content (AvgIpc) is 2.96. The SMILES string of the molecule is CC(C)(C(=O)N=Nc1c(O)[nH]c2ccc(C(=O)O)c(Cl)c12)c1ccc(Cl)cc1. The number of benzene rings is 2. The molecule has 0 saturated heterocycles. The number of amides is 1. The molecule has 0 aliphatic carbocycles. The smallest absolute Gasteiger partial charge is 0.337 e. The number of azo groups is 1. The number of carboxylic acids is 1. The number of aromatic carboxylic acids is 1. The first-order valence-electron chi connectivity index (χ1n) is 8.11. The van der Waals surface area contributed by atoms with Crippen molar-refractivity contribution < 1.29 is 19.8 Å². The van der Waals surface area contributed by atoms with Crippen molar-refractivity contribution in [1.82, 2.24) is 4.98 Å². The number of hydrogen-bond donors (Lipinski definition) is 3. The topological polar surface area (TPSA) is 115 Å². The minimum absolute atomic E-state index is 0.108. The number of nitrogens with one attached hydrogen (secondary N) is 1. The van der Waals surface area contributed by atoms with Gasteiger partial charge in [-0.2, -0.15) is 0 Å².